The number of ether oxygens (including phenoxy) is 1. The highest BCUT2D eigenvalue weighted by Crippen LogP contribution is 2.45. The lowest BCUT2D eigenvalue weighted by molar-refractivity contribution is 0.155. The van der Waals surface area contributed by atoms with Crippen LogP contribution in [0.2, 0.25) is 0 Å². The molecule has 0 heterocycles. The lowest BCUT2D eigenvalue weighted by atomic mass is 9.68. The zero-order chi connectivity index (χ0) is 20.1. The van der Waals surface area contributed by atoms with Gasteiger partial charge < -0.3 is 4.74 Å². The predicted molar refractivity (Wildman–Crippen MR) is 109 cm³/mol. The first-order chi connectivity index (χ1) is 13.5. The maximum Gasteiger partial charge on any atom is 0.211 e. The topological polar surface area (TPSA) is 35.2 Å². The van der Waals surface area contributed by atoms with Gasteiger partial charge in [-0.3, -0.25) is 5.73 Å². The van der Waals surface area contributed by atoms with Crippen molar-refractivity contribution in [1.82, 2.24) is 0 Å². The Morgan fingerprint density at radius 3 is 2.21 bits per heavy atom. The molecule has 0 saturated heterocycles. The summed E-state index contributed by atoms with van der Waals surface area (Å²) < 4.78 is 34.0. The minimum atomic E-state index is -1.08. The molecule has 1 aromatic carbocycles. The Balaban J connectivity index is 1.56. The Morgan fingerprint density at radius 1 is 1.04 bits per heavy atom. The Labute approximate surface area is 168 Å². The lowest BCUT2D eigenvalue weighted by Gasteiger charge is -2.38. The number of hydrogen-bond acceptors (Lipinski definition) is 2. The quantitative estimate of drug-likeness (QED) is 0.468. The molecule has 2 fully saturated rings. The highest BCUT2D eigenvalue weighted by Gasteiger charge is 2.32. The van der Waals surface area contributed by atoms with Gasteiger partial charge in [0.2, 0.25) is 12.0 Å². The summed E-state index contributed by atoms with van der Waals surface area (Å²) in [5.41, 5.74) is 5.93. The van der Waals surface area contributed by atoms with Crippen molar-refractivity contribution in [2.24, 2.45) is 23.5 Å². The molecule has 1 atom stereocenters. The van der Waals surface area contributed by atoms with Crippen molar-refractivity contribution in [3.63, 3.8) is 0 Å². The molecular weight excluding hydrogens is 356 g/mol. The molecule has 2 saturated carbocycles. The first kappa shape index (κ1) is 21.1. The lowest BCUT2D eigenvalue weighted by Crippen LogP contribution is -2.26. The smallest absolute Gasteiger partial charge is 0.211 e. The van der Waals surface area contributed by atoms with Crippen molar-refractivity contribution in [1.29, 1.82) is 0 Å². The molecule has 0 amide bonds. The molecule has 0 bridgehead atoms. The molecule has 154 valence electrons. The van der Waals surface area contributed by atoms with Gasteiger partial charge in [0.25, 0.3) is 0 Å². The number of benzene rings is 1. The largest absolute Gasteiger partial charge is 0.461 e. The molecule has 1 unspecified atom stereocenters. The average Bonchev–Trinajstić information content (AvgIpc) is 2.72. The number of nitrogens with two attached hydrogens (primary N) is 1. The molecule has 0 aliphatic heterocycles. The molecule has 2 N–H and O–H groups in total. The van der Waals surface area contributed by atoms with Crippen LogP contribution in [0.5, 0.6) is 5.75 Å². The minimum absolute atomic E-state index is 0.0811. The van der Waals surface area contributed by atoms with Crippen LogP contribution < -0.4 is 10.5 Å². The van der Waals surface area contributed by atoms with Crippen LogP contribution in [0.3, 0.4) is 0 Å². The van der Waals surface area contributed by atoms with Crippen molar-refractivity contribution >= 4 is 0 Å². The fourth-order valence-corrected chi connectivity index (χ4v) is 5.38. The van der Waals surface area contributed by atoms with Crippen molar-refractivity contribution in [2.45, 2.75) is 83.3 Å². The van der Waals surface area contributed by atoms with Gasteiger partial charge in [0.1, 0.15) is 0 Å². The fraction of sp³-hybridized carbons (Fsp3) is 0.667. The van der Waals surface area contributed by atoms with Crippen LogP contribution in [0.25, 0.3) is 0 Å². The van der Waals surface area contributed by atoms with E-state index in [4.69, 9.17) is 16.9 Å². The van der Waals surface area contributed by atoms with E-state index in [1.54, 1.807) is 6.07 Å². The van der Waals surface area contributed by atoms with E-state index in [1.165, 1.54) is 44.6 Å². The van der Waals surface area contributed by atoms with Gasteiger partial charge in [-0.1, -0.05) is 38.7 Å². The second-order valence-corrected chi connectivity index (χ2v) is 8.67. The van der Waals surface area contributed by atoms with Crippen LogP contribution in [0.15, 0.2) is 12.1 Å². The number of hydrogen-bond donors (Lipinski definition) is 1. The predicted octanol–water partition coefficient (Wildman–Crippen LogP) is 6.14. The molecule has 0 radical (unpaired) electrons. The number of rotatable bonds is 6. The average molecular weight is 390 g/mol. The summed E-state index contributed by atoms with van der Waals surface area (Å²) in [6.45, 7) is 2.28. The number of terminal acetylenes is 1. The zero-order valence-electron chi connectivity index (χ0n) is 16.9. The SMILES string of the molecule is C#CC(N)Oc1ccc(C2CCC(C3CCC(CCC)CC3)CC2)c(F)c1F. The second kappa shape index (κ2) is 9.74. The minimum Gasteiger partial charge on any atom is -0.461 e. The molecule has 1 aromatic rings. The Kier molecular flexibility index (Phi) is 7.35. The van der Waals surface area contributed by atoms with E-state index in [0.29, 0.717) is 5.56 Å². The van der Waals surface area contributed by atoms with Crippen LogP contribution in [0.1, 0.15) is 82.6 Å². The molecule has 4 heteroatoms. The highest BCUT2D eigenvalue weighted by atomic mass is 19.2. The van der Waals surface area contributed by atoms with E-state index in [9.17, 15) is 8.78 Å². The Bertz CT molecular complexity index is 683. The van der Waals surface area contributed by atoms with Gasteiger partial charge in [-0.05, 0) is 79.7 Å². The van der Waals surface area contributed by atoms with E-state index in [0.717, 1.165) is 43.4 Å². The first-order valence-corrected chi connectivity index (χ1v) is 10.9. The third kappa shape index (κ3) is 4.87. The van der Waals surface area contributed by atoms with Crippen molar-refractivity contribution < 1.29 is 13.5 Å². The van der Waals surface area contributed by atoms with Crippen molar-refractivity contribution in [3.05, 3.63) is 29.3 Å². The molecule has 3 rings (SSSR count). The molecule has 0 spiro atoms. The van der Waals surface area contributed by atoms with Crippen LogP contribution in [-0.4, -0.2) is 6.23 Å². The van der Waals surface area contributed by atoms with Gasteiger partial charge in [-0.25, -0.2) is 4.39 Å². The summed E-state index contributed by atoms with van der Waals surface area (Å²) in [6, 6.07) is 3.09. The molecular formula is C24H33F2NO. The monoisotopic (exact) mass is 389 g/mol. The van der Waals surface area contributed by atoms with E-state index in [-0.39, 0.29) is 11.7 Å². The van der Waals surface area contributed by atoms with Gasteiger partial charge in [0.05, 0.1) is 0 Å². The Hall–Kier alpha value is -1.60. The molecule has 2 nitrogen and oxygen atoms in total. The van der Waals surface area contributed by atoms with Crippen molar-refractivity contribution in [3.8, 4) is 18.1 Å². The van der Waals surface area contributed by atoms with E-state index >= 15 is 0 Å². The van der Waals surface area contributed by atoms with Crippen molar-refractivity contribution in [2.75, 3.05) is 0 Å². The summed E-state index contributed by atoms with van der Waals surface area (Å²) >= 11 is 0. The van der Waals surface area contributed by atoms with Gasteiger partial charge in [-0.2, -0.15) is 4.39 Å². The van der Waals surface area contributed by atoms with Crippen LogP contribution >= 0.6 is 0 Å². The van der Waals surface area contributed by atoms with Crippen LogP contribution in [-0.2, 0) is 0 Å². The maximum absolute atomic E-state index is 14.6. The normalized spacial score (nSPS) is 29.1. The fourth-order valence-electron chi connectivity index (χ4n) is 5.38. The third-order valence-electron chi connectivity index (χ3n) is 6.96. The van der Waals surface area contributed by atoms with E-state index in [2.05, 4.69) is 12.8 Å². The van der Waals surface area contributed by atoms with Crippen LogP contribution in [0, 0.1) is 41.7 Å². The molecule has 2 aliphatic rings. The van der Waals surface area contributed by atoms with Gasteiger partial charge in [0, 0.05) is 0 Å². The summed E-state index contributed by atoms with van der Waals surface area (Å²) in [6.07, 6.45) is 16.3. The summed E-state index contributed by atoms with van der Waals surface area (Å²) in [5.74, 6) is 2.72. The molecule has 28 heavy (non-hydrogen) atoms. The Morgan fingerprint density at radius 2 is 1.64 bits per heavy atom. The van der Waals surface area contributed by atoms with E-state index in [1.807, 2.05) is 0 Å². The molecule has 0 aromatic heterocycles. The molecule has 2 aliphatic carbocycles. The van der Waals surface area contributed by atoms with E-state index < -0.39 is 17.9 Å². The highest BCUT2D eigenvalue weighted by molar-refractivity contribution is 5.33. The maximum atomic E-state index is 14.6. The first-order valence-electron chi connectivity index (χ1n) is 10.9. The van der Waals surface area contributed by atoms with Gasteiger partial charge in [0.15, 0.2) is 11.6 Å². The van der Waals surface area contributed by atoms with Gasteiger partial charge >= 0.3 is 0 Å². The standard InChI is InChI=1S/C24H33F2NO/c1-3-5-16-6-8-17(9-7-16)18-10-12-19(13-11-18)20-14-15-21(24(26)23(20)25)28-22(27)4-2/h2,14-19,22H,3,5-13,27H2,1H3. The van der Waals surface area contributed by atoms with Crippen LogP contribution in [0.4, 0.5) is 8.78 Å². The summed E-state index contributed by atoms with van der Waals surface area (Å²) in [7, 11) is 0. The summed E-state index contributed by atoms with van der Waals surface area (Å²) in [5, 5.41) is 0. The zero-order valence-corrected chi connectivity index (χ0v) is 16.9. The third-order valence-corrected chi connectivity index (χ3v) is 6.96. The second-order valence-electron chi connectivity index (χ2n) is 8.67. The van der Waals surface area contributed by atoms with Gasteiger partial charge in [-0.15, -0.1) is 6.42 Å². The summed E-state index contributed by atoms with van der Waals surface area (Å²) in [4.78, 5) is 0. The number of halogens is 2.